The predicted molar refractivity (Wildman–Crippen MR) is 67.1 cm³/mol. The van der Waals surface area contributed by atoms with Gasteiger partial charge in [0.05, 0.1) is 9.89 Å². The van der Waals surface area contributed by atoms with E-state index in [2.05, 4.69) is 46.8 Å². The second-order valence-electron chi connectivity index (χ2n) is 4.88. The first kappa shape index (κ1) is 11.6. The van der Waals surface area contributed by atoms with Crippen LogP contribution in [0.15, 0.2) is 15.9 Å². The van der Waals surface area contributed by atoms with Crippen molar-refractivity contribution in [1.29, 1.82) is 0 Å². The molecular formula is C11H16BrNOS. The van der Waals surface area contributed by atoms with Crippen molar-refractivity contribution in [3.05, 3.63) is 20.8 Å². The van der Waals surface area contributed by atoms with Crippen molar-refractivity contribution in [2.75, 3.05) is 13.1 Å². The summed E-state index contributed by atoms with van der Waals surface area (Å²) in [6, 6.07) is 4.23. The minimum Gasteiger partial charge on any atom is -0.391 e. The Morgan fingerprint density at radius 3 is 2.80 bits per heavy atom. The highest BCUT2D eigenvalue weighted by Crippen LogP contribution is 2.31. The number of aliphatic hydroxyl groups excluding tert-OH is 1. The molecule has 1 unspecified atom stereocenters. The Morgan fingerprint density at radius 2 is 2.33 bits per heavy atom. The van der Waals surface area contributed by atoms with Crippen molar-refractivity contribution >= 4 is 27.3 Å². The van der Waals surface area contributed by atoms with E-state index in [1.807, 2.05) is 0 Å². The predicted octanol–water partition coefficient (Wildman–Crippen LogP) is 2.71. The van der Waals surface area contributed by atoms with Crippen LogP contribution < -0.4 is 0 Å². The lowest BCUT2D eigenvalue weighted by molar-refractivity contribution is 0.0955. The molecule has 84 valence electrons. The standard InChI is InChI=1S/C11H16BrNOS/c1-11(2)7-13(6-9(11)14)5-8-3-4-10(12)15-8/h3-4,9,14H,5-7H2,1-2H3. The van der Waals surface area contributed by atoms with Gasteiger partial charge in [-0.1, -0.05) is 13.8 Å². The average molecular weight is 290 g/mol. The quantitative estimate of drug-likeness (QED) is 0.905. The summed E-state index contributed by atoms with van der Waals surface area (Å²) in [7, 11) is 0. The van der Waals surface area contributed by atoms with Gasteiger partial charge in [-0.2, -0.15) is 0 Å². The Hall–Kier alpha value is 0.1000. The van der Waals surface area contributed by atoms with Crippen LogP contribution >= 0.6 is 27.3 Å². The van der Waals surface area contributed by atoms with E-state index < -0.39 is 0 Å². The Balaban J connectivity index is 1.98. The van der Waals surface area contributed by atoms with Gasteiger partial charge in [-0.15, -0.1) is 11.3 Å². The number of nitrogens with zero attached hydrogens (tertiary/aromatic N) is 1. The zero-order chi connectivity index (χ0) is 11.1. The zero-order valence-electron chi connectivity index (χ0n) is 9.03. The fraction of sp³-hybridized carbons (Fsp3) is 0.636. The Labute approximate surface area is 103 Å². The summed E-state index contributed by atoms with van der Waals surface area (Å²) in [4.78, 5) is 3.68. The number of hydrogen-bond acceptors (Lipinski definition) is 3. The molecule has 1 aromatic rings. The molecule has 1 fully saturated rings. The van der Waals surface area contributed by atoms with Crippen LogP contribution in [-0.4, -0.2) is 29.2 Å². The number of likely N-dealkylation sites (tertiary alicyclic amines) is 1. The molecule has 0 amide bonds. The Kier molecular flexibility index (Phi) is 3.22. The number of rotatable bonds is 2. The summed E-state index contributed by atoms with van der Waals surface area (Å²) in [6.45, 7) is 6.98. The lowest BCUT2D eigenvalue weighted by atomic mass is 9.90. The molecule has 4 heteroatoms. The maximum atomic E-state index is 9.86. The molecule has 1 N–H and O–H groups in total. The van der Waals surface area contributed by atoms with Crippen molar-refractivity contribution in [3.63, 3.8) is 0 Å². The second-order valence-corrected chi connectivity index (χ2v) is 7.43. The maximum absolute atomic E-state index is 9.86. The van der Waals surface area contributed by atoms with Gasteiger partial charge in [0.15, 0.2) is 0 Å². The molecule has 0 saturated carbocycles. The molecule has 0 spiro atoms. The smallest absolute Gasteiger partial charge is 0.0730 e. The monoisotopic (exact) mass is 289 g/mol. The highest BCUT2D eigenvalue weighted by molar-refractivity contribution is 9.11. The topological polar surface area (TPSA) is 23.5 Å². The third-order valence-corrected chi connectivity index (χ3v) is 4.58. The number of β-amino-alcohol motifs (C(OH)–C–C–N with tert-alkyl or cyclic N) is 1. The minimum absolute atomic E-state index is 0.0362. The molecule has 0 radical (unpaired) electrons. The Bertz CT molecular complexity index is 350. The summed E-state index contributed by atoms with van der Waals surface area (Å²) in [5, 5.41) is 9.86. The molecule has 2 heterocycles. The zero-order valence-corrected chi connectivity index (χ0v) is 11.4. The third kappa shape index (κ3) is 2.61. The normalized spacial score (nSPS) is 26.0. The van der Waals surface area contributed by atoms with E-state index in [1.165, 1.54) is 8.66 Å². The van der Waals surface area contributed by atoms with Gasteiger partial charge in [0, 0.05) is 29.9 Å². The van der Waals surface area contributed by atoms with E-state index >= 15 is 0 Å². The van der Waals surface area contributed by atoms with Gasteiger partial charge < -0.3 is 5.11 Å². The summed E-state index contributed by atoms with van der Waals surface area (Å²) in [6.07, 6.45) is -0.194. The van der Waals surface area contributed by atoms with Gasteiger partial charge in [-0.25, -0.2) is 0 Å². The number of aliphatic hydroxyl groups is 1. The number of hydrogen-bond donors (Lipinski definition) is 1. The van der Waals surface area contributed by atoms with Crippen LogP contribution in [-0.2, 0) is 6.54 Å². The van der Waals surface area contributed by atoms with Crippen LogP contribution in [0.4, 0.5) is 0 Å². The molecule has 0 aromatic carbocycles. The van der Waals surface area contributed by atoms with Crippen LogP contribution in [0, 0.1) is 5.41 Å². The van der Waals surface area contributed by atoms with Crippen molar-refractivity contribution < 1.29 is 5.11 Å². The van der Waals surface area contributed by atoms with Crippen LogP contribution in [0.5, 0.6) is 0 Å². The van der Waals surface area contributed by atoms with Gasteiger partial charge in [-0.3, -0.25) is 4.90 Å². The molecule has 1 atom stereocenters. The lowest BCUT2D eigenvalue weighted by Gasteiger charge is -2.20. The Morgan fingerprint density at radius 1 is 1.60 bits per heavy atom. The highest BCUT2D eigenvalue weighted by Gasteiger charge is 2.37. The summed E-state index contributed by atoms with van der Waals surface area (Å²) in [5.74, 6) is 0. The van der Waals surface area contributed by atoms with Crippen molar-refractivity contribution in [1.82, 2.24) is 4.90 Å². The minimum atomic E-state index is -0.194. The maximum Gasteiger partial charge on any atom is 0.0730 e. The largest absolute Gasteiger partial charge is 0.391 e. The van der Waals surface area contributed by atoms with Crippen LogP contribution in [0.1, 0.15) is 18.7 Å². The third-order valence-electron chi connectivity index (χ3n) is 2.97. The van der Waals surface area contributed by atoms with E-state index in [-0.39, 0.29) is 11.5 Å². The van der Waals surface area contributed by atoms with Crippen LogP contribution in [0.2, 0.25) is 0 Å². The molecule has 1 aliphatic heterocycles. The van der Waals surface area contributed by atoms with Gasteiger partial charge in [0.25, 0.3) is 0 Å². The highest BCUT2D eigenvalue weighted by atomic mass is 79.9. The first-order valence-corrected chi connectivity index (χ1v) is 6.73. The summed E-state index contributed by atoms with van der Waals surface area (Å²) in [5.41, 5.74) is 0.0362. The molecule has 0 aliphatic carbocycles. The van der Waals surface area contributed by atoms with E-state index in [0.29, 0.717) is 0 Å². The summed E-state index contributed by atoms with van der Waals surface area (Å²) < 4.78 is 1.18. The van der Waals surface area contributed by atoms with E-state index in [9.17, 15) is 5.11 Å². The lowest BCUT2D eigenvalue weighted by Crippen LogP contribution is -2.26. The van der Waals surface area contributed by atoms with Crippen molar-refractivity contribution in [2.24, 2.45) is 5.41 Å². The first-order valence-electron chi connectivity index (χ1n) is 5.12. The van der Waals surface area contributed by atoms with Crippen molar-refractivity contribution in [2.45, 2.75) is 26.5 Å². The fourth-order valence-corrected chi connectivity index (χ4v) is 3.54. The van der Waals surface area contributed by atoms with E-state index in [4.69, 9.17) is 0 Å². The first-order chi connectivity index (χ1) is 6.97. The summed E-state index contributed by atoms with van der Waals surface area (Å²) >= 11 is 5.24. The second kappa shape index (κ2) is 4.17. The molecular weight excluding hydrogens is 274 g/mol. The van der Waals surface area contributed by atoms with Crippen LogP contribution in [0.3, 0.4) is 0 Å². The van der Waals surface area contributed by atoms with Crippen LogP contribution in [0.25, 0.3) is 0 Å². The van der Waals surface area contributed by atoms with Gasteiger partial charge in [0.1, 0.15) is 0 Å². The molecule has 2 rings (SSSR count). The molecule has 1 aliphatic rings. The van der Waals surface area contributed by atoms with Gasteiger partial charge in [-0.05, 0) is 28.1 Å². The van der Waals surface area contributed by atoms with Gasteiger partial charge in [0.2, 0.25) is 0 Å². The molecule has 0 bridgehead atoms. The SMILES string of the molecule is CC1(C)CN(Cc2ccc(Br)s2)CC1O. The number of halogens is 1. The molecule has 1 aromatic heterocycles. The molecule has 15 heavy (non-hydrogen) atoms. The molecule has 2 nitrogen and oxygen atoms in total. The number of thiophene rings is 1. The average Bonchev–Trinajstić information content (AvgIpc) is 2.59. The fourth-order valence-electron chi connectivity index (χ4n) is 2.02. The van der Waals surface area contributed by atoms with Gasteiger partial charge >= 0.3 is 0 Å². The molecule has 1 saturated heterocycles. The van der Waals surface area contributed by atoms with E-state index in [1.54, 1.807) is 11.3 Å². The van der Waals surface area contributed by atoms with Crippen molar-refractivity contribution in [3.8, 4) is 0 Å². The van der Waals surface area contributed by atoms with E-state index in [0.717, 1.165) is 19.6 Å².